The Labute approximate surface area is 128 Å². The normalized spacial score (nSPS) is 16.4. The first kappa shape index (κ1) is 16.0. The fraction of sp³-hybridized carbons (Fsp3) is 0.357. The van der Waals surface area contributed by atoms with Crippen LogP contribution in [0.25, 0.3) is 0 Å². The Morgan fingerprint density at radius 1 is 1.23 bits per heavy atom. The van der Waals surface area contributed by atoms with E-state index in [2.05, 4.69) is 0 Å². The molecule has 1 aliphatic heterocycles. The van der Waals surface area contributed by atoms with E-state index < -0.39 is 19.1 Å². The molecular formula is C14H16BNO6. The zero-order valence-corrected chi connectivity index (χ0v) is 12.4. The van der Waals surface area contributed by atoms with Gasteiger partial charge in [0, 0.05) is 0 Å². The Kier molecular flexibility index (Phi) is 5.16. The van der Waals surface area contributed by atoms with E-state index in [1.807, 2.05) is 0 Å². The quantitative estimate of drug-likeness (QED) is 0.588. The second kappa shape index (κ2) is 7.08. The van der Waals surface area contributed by atoms with Gasteiger partial charge in [0.05, 0.1) is 32.1 Å². The van der Waals surface area contributed by atoms with Crippen LogP contribution in [0.3, 0.4) is 0 Å². The number of hydrogen-bond acceptors (Lipinski definition) is 7. The molecule has 1 aromatic rings. The van der Waals surface area contributed by atoms with Crippen molar-refractivity contribution in [3.05, 3.63) is 29.8 Å². The zero-order chi connectivity index (χ0) is 16.1. The lowest BCUT2D eigenvalue weighted by Crippen LogP contribution is -2.43. The molecule has 1 aliphatic rings. The molecular weight excluding hydrogens is 289 g/mol. The summed E-state index contributed by atoms with van der Waals surface area (Å²) in [6, 6.07) is 6.68. The number of ketones is 1. The zero-order valence-electron chi connectivity index (χ0n) is 12.4. The van der Waals surface area contributed by atoms with Crippen molar-refractivity contribution >= 4 is 24.8 Å². The number of Topliss-reactive ketones (excluding diaryl/α,β-unsaturated/α-hetero) is 1. The lowest BCUT2D eigenvalue weighted by molar-refractivity contribution is -0.145. The molecule has 22 heavy (non-hydrogen) atoms. The summed E-state index contributed by atoms with van der Waals surface area (Å²) < 4.78 is 15.1. The van der Waals surface area contributed by atoms with Crippen molar-refractivity contribution in [3.63, 3.8) is 0 Å². The summed E-state index contributed by atoms with van der Waals surface area (Å²) in [5.41, 5.74) is 0.344. The van der Waals surface area contributed by atoms with Gasteiger partial charge in [0.25, 0.3) is 0 Å². The molecule has 0 atom stereocenters. The Morgan fingerprint density at radius 3 is 2.41 bits per heavy atom. The summed E-state index contributed by atoms with van der Waals surface area (Å²) >= 11 is 0. The number of hydrogen-bond donors (Lipinski definition) is 0. The Morgan fingerprint density at radius 2 is 1.82 bits per heavy atom. The molecule has 1 saturated heterocycles. The molecule has 0 aliphatic carbocycles. The summed E-state index contributed by atoms with van der Waals surface area (Å²) in [7, 11) is 1.84. The highest BCUT2D eigenvalue weighted by Gasteiger charge is 2.34. The first-order chi connectivity index (χ1) is 10.5. The minimum Gasteiger partial charge on any atom is -0.498 e. The van der Waals surface area contributed by atoms with Crippen molar-refractivity contribution in [3.8, 4) is 5.75 Å². The van der Waals surface area contributed by atoms with Gasteiger partial charge in [-0.2, -0.15) is 0 Å². The van der Waals surface area contributed by atoms with Crippen LogP contribution in [0.5, 0.6) is 5.75 Å². The van der Waals surface area contributed by atoms with Crippen LogP contribution in [0, 0.1) is 0 Å². The van der Waals surface area contributed by atoms with Gasteiger partial charge in [0.1, 0.15) is 5.75 Å². The summed E-state index contributed by atoms with van der Waals surface area (Å²) in [4.78, 5) is 37.0. The molecule has 0 bridgehead atoms. The van der Waals surface area contributed by atoms with Crippen molar-refractivity contribution in [2.24, 2.45) is 0 Å². The van der Waals surface area contributed by atoms with Crippen molar-refractivity contribution in [2.75, 3.05) is 27.2 Å². The number of benzene rings is 1. The molecule has 7 nitrogen and oxygen atoms in total. The predicted octanol–water partition coefficient (Wildman–Crippen LogP) is 0.398. The third-order valence-corrected chi connectivity index (χ3v) is 3.08. The first-order valence-electron chi connectivity index (χ1n) is 6.73. The van der Waals surface area contributed by atoms with Crippen LogP contribution < -0.4 is 4.74 Å². The van der Waals surface area contributed by atoms with Gasteiger partial charge >= 0.3 is 19.1 Å². The second-order valence-electron chi connectivity index (χ2n) is 4.91. The Hall–Kier alpha value is -2.35. The van der Waals surface area contributed by atoms with E-state index in [1.54, 1.807) is 31.3 Å². The lowest BCUT2D eigenvalue weighted by atomic mass is 9.80. The topological polar surface area (TPSA) is 82.1 Å². The van der Waals surface area contributed by atoms with Crippen LogP contribution in [-0.2, 0) is 18.9 Å². The molecule has 0 saturated carbocycles. The number of carbonyl (C=O) groups is 3. The third-order valence-electron chi connectivity index (χ3n) is 3.08. The first-order valence-corrected chi connectivity index (χ1v) is 6.73. The number of likely N-dealkylation sites (N-methyl/N-ethyl adjacent to an activating group) is 1. The van der Waals surface area contributed by atoms with Gasteiger partial charge in [-0.25, -0.2) is 0 Å². The molecule has 8 heteroatoms. The molecule has 0 aromatic heterocycles. The number of nitrogens with zero attached hydrogens (tertiary/aromatic N) is 1. The lowest BCUT2D eigenvalue weighted by Gasteiger charge is -2.22. The molecule has 0 amide bonds. The Bertz CT molecular complexity index is 570. The van der Waals surface area contributed by atoms with E-state index in [0.717, 1.165) is 0 Å². The van der Waals surface area contributed by atoms with Crippen LogP contribution in [-0.4, -0.2) is 57.0 Å². The molecule has 0 spiro atoms. The maximum Gasteiger partial charge on any atom is 0.606 e. The average Bonchev–Trinajstić information content (AvgIpc) is 2.45. The summed E-state index contributed by atoms with van der Waals surface area (Å²) in [6.45, 7) is -0.0666. The minimum atomic E-state index is -1.22. The molecule has 0 N–H and O–H groups in total. The van der Waals surface area contributed by atoms with Gasteiger partial charge < -0.3 is 14.0 Å². The van der Waals surface area contributed by atoms with E-state index in [4.69, 9.17) is 14.0 Å². The van der Waals surface area contributed by atoms with Crippen LogP contribution in [0.4, 0.5) is 0 Å². The number of carbonyl (C=O) groups excluding carboxylic acids is 3. The van der Waals surface area contributed by atoms with Crippen LogP contribution in [0.1, 0.15) is 10.4 Å². The van der Waals surface area contributed by atoms with E-state index in [-0.39, 0.29) is 25.2 Å². The van der Waals surface area contributed by atoms with E-state index in [9.17, 15) is 14.4 Å². The molecule has 116 valence electrons. The van der Waals surface area contributed by atoms with Gasteiger partial charge in [-0.15, -0.1) is 0 Å². The number of rotatable bonds is 4. The highest BCUT2D eigenvalue weighted by Crippen LogP contribution is 2.20. The Balaban J connectivity index is 2.09. The molecule has 1 aromatic carbocycles. The summed E-state index contributed by atoms with van der Waals surface area (Å²) in [5, 5.41) is 0. The average molecular weight is 305 g/mol. The number of methoxy groups -OCH3 is 1. The maximum absolute atomic E-state index is 12.3. The van der Waals surface area contributed by atoms with Gasteiger partial charge in [-0.05, 0) is 19.2 Å². The predicted molar refractivity (Wildman–Crippen MR) is 77.6 cm³/mol. The molecule has 0 radical (unpaired) electrons. The SMILES string of the molecule is COc1ccccc1C(=O)CB1OC(=O)CN(C)CC(=O)O1. The van der Waals surface area contributed by atoms with Crippen LogP contribution >= 0.6 is 0 Å². The van der Waals surface area contributed by atoms with Crippen molar-refractivity contribution in [1.82, 2.24) is 4.90 Å². The van der Waals surface area contributed by atoms with Gasteiger partial charge in [-0.1, -0.05) is 12.1 Å². The molecule has 1 fully saturated rings. The van der Waals surface area contributed by atoms with Crippen LogP contribution in [0.15, 0.2) is 24.3 Å². The van der Waals surface area contributed by atoms with Crippen molar-refractivity contribution < 1.29 is 28.4 Å². The number of ether oxygens (including phenoxy) is 1. The van der Waals surface area contributed by atoms with Gasteiger partial charge in [-0.3, -0.25) is 19.3 Å². The summed E-state index contributed by atoms with van der Waals surface area (Å²) in [6.07, 6.45) is -0.248. The highest BCUT2D eigenvalue weighted by molar-refractivity contribution is 6.54. The van der Waals surface area contributed by atoms with Crippen LogP contribution in [0.2, 0.25) is 6.32 Å². The van der Waals surface area contributed by atoms with E-state index >= 15 is 0 Å². The standard InChI is InChI=1S/C14H16BNO6/c1-16-8-13(18)21-15(22-14(19)9-16)7-11(17)10-5-3-4-6-12(10)20-2/h3-6H,7-9H2,1-2H3. The van der Waals surface area contributed by atoms with Crippen molar-refractivity contribution in [2.45, 2.75) is 6.32 Å². The maximum atomic E-state index is 12.3. The van der Waals surface area contributed by atoms with Crippen molar-refractivity contribution in [1.29, 1.82) is 0 Å². The van der Waals surface area contributed by atoms with Gasteiger partial charge in [0.2, 0.25) is 0 Å². The smallest absolute Gasteiger partial charge is 0.498 e. The second-order valence-corrected chi connectivity index (χ2v) is 4.91. The highest BCUT2D eigenvalue weighted by atomic mass is 16.6. The molecule has 2 rings (SSSR count). The molecule has 0 unspecified atom stereocenters. The van der Waals surface area contributed by atoms with Gasteiger partial charge in [0.15, 0.2) is 5.78 Å². The number of para-hydroxylation sites is 1. The van der Waals surface area contributed by atoms with E-state index in [0.29, 0.717) is 11.3 Å². The minimum absolute atomic E-state index is 0.0333. The summed E-state index contributed by atoms with van der Waals surface area (Å²) in [5.74, 6) is -1.02. The molecule has 1 heterocycles. The fourth-order valence-electron chi connectivity index (χ4n) is 2.11. The van der Waals surface area contributed by atoms with E-state index in [1.165, 1.54) is 12.0 Å². The fourth-order valence-corrected chi connectivity index (χ4v) is 2.11. The third kappa shape index (κ3) is 4.08. The largest absolute Gasteiger partial charge is 0.606 e. The monoisotopic (exact) mass is 305 g/mol.